The summed E-state index contributed by atoms with van der Waals surface area (Å²) in [4.78, 5) is 0. The van der Waals surface area contributed by atoms with E-state index >= 15 is 0 Å². The molecule has 3 rings (SSSR count). The number of nitrogens with zero attached hydrogens (tertiary/aromatic N) is 1. The maximum atomic E-state index is 12.9. The Bertz CT molecular complexity index is 563. The van der Waals surface area contributed by atoms with Crippen LogP contribution in [0, 0.1) is 0 Å². The molecule has 1 saturated carbocycles. The van der Waals surface area contributed by atoms with Crippen LogP contribution >= 0.6 is 0 Å². The van der Waals surface area contributed by atoms with E-state index in [1.165, 1.54) is 0 Å². The van der Waals surface area contributed by atoms with Gasteiger partial charge in [0.25, 0.3) is 0 Å². The normalized spacial score (nSPS) is 30.8. The quantitative estimate of drug-likeness (QED) is 0.770. The summed E-state index contributed by atoms with van der Waals surface area (Å²) >= 11 is 0. The largest absolute Gasteiger partial charge is 0.313 e. The molecule has 0 amide bonds. The smallest absolute Gasteiger partial charge is 0.217 e. The fourth-order valence-corrected chi connectivity index (χ4v) is 7.33. The molecule has 3 aliphatic rings. The summed E-state index contributed by atoms with van der Waals surface area (Å²) in [6.45, 7) is 1.52. The number of sulfonamides is 1. The Balaban J connectivity index is 1.71. The van der Waals surface area contributed by atoms with Crippen LogP contribution in [0.4, 0.5) is 0 Å². The lowest BCUT2D eigenvalue weighted by molar-refractivity contribution is 0.355. The maximum absolute atomic E-state index is 12.9. The highest BCUT2D eigenvalue weighted by Gasteiger charge is 2.43. The molecule has 0 bridgehead atoms. The predicted octanol–water partition coefficient (Wildman–Crippen LogP) is 0.110. The second-order valence-electron chi connectivity index (χ2n) is 6.49. The van der Waals surface area contributed by atoms with Gasteiger partial charge in [0.15, 0.2) is 0 Å². The molecule has 0 aromatic heterocycles. The van der Waals surface area contributed by atoms with Crippen molar-refractivity contribution in [2.24, 2.45) is 0 Å². The summed E-state index contributed by atoms with van der Waals surface area (Å²) in [5, 5.41) is 2.84. The molecule has 6 nitrogen and oxygen atoms in total. The topological polar surface area (TPSA) is 83.5 Å². The van der Waals surface area contributed by atoms with Gasteiger partial charge in [0.05, 0.1) is 16.8 Å². The van der Waals surface area contributed by atoms with Gasteiger partial charge < -0.3 is 5.32 Å². The highest BCUT2D eigenvalue weighted by Crippen LogP contribution is 2.33. The molecule has 1 aliphatic carbocycles. The van der Waals surface area contributed by atoms with Crippen molar-refractivity contribution in [1.29, 1.82) is 0 Å². The first-order valence-electron chi connectivity index (χ1n) is 7.83. The van der Waals surface area contributed by atoms with E-state index in [1.54, 1.807) is 4.31 Å². The molecule has 122 valence electrons. The minimum absolute atomic E-state index is 0.0110. The first-order valence-corrected chi connectivity index (χ1v) is 11.2. The van der Waals surface area contributed by atoms with Crippen LogP contribution in [0.2, 0.25) is 0 Å². The molecular formula is C13H24N2O4S2. The van der Waals surface area contributed by atoms with Gasteiger partial charge in [-0.2, -0.15) is 4.31 Å². The van der Waals surface area contributed by atoms with Crippen molar-refractivity contribution in [2.75, 3.05) is 24.6 Å². The molecule has 0 radical (unpaired) electrons. The van der Waals surface area contributed by atoms with E-state index in [0.717, 1.165) is 32.2 Å². The third-order valence-corrected chi connectivity index (χ3v) is 8.90. The number of rotatable bonds is 5. The van der Waals surface area contributed by atoms with E-state index < -0.39 is 25.1 Å². The molecule has 1 unspecified atom stereocenters. The lowest BCUT2D eigenvalue weighted by Crippen LogP contribution is -2.48. The molecule has 2 aliphatic heterocycles. The number of hydrogen-bond acceptors (Lipinski definition) is 5. The molecule has 0 aromatic carbocycles. The van der Waals surface area contributed by atoms with Gasteiger partial charge in [-0.1, -0.05) is 0 Å². The Hall–Kier alpha value is -0.180. The van der Waals surface area contributed by atoms with Crippen LogP contribution in [0.5, 0.6) is 0 Å². The molecule has 3 fully saturated rings. The average molecular weight is 336 g/mol. The van der Waals surface area contributed by atoms with Crippen molar-refractivity contribution >= 4 is 19.9 Å². The Morgan fingerprint density at radius 3 is 2.24 bits per heavy atom. The lowest BCUT2D eigenvalue weighted by atomic mass is 10.2. The van der Waals surface area contributed by atoms with Crippen molar-refractivity contribution in [3.8, 4) is 0 Å². The Labute approximate surface area is 127 Å². The Morgan fingerprint density at radius 2 is 1.71 bits per heavy atom. The molecule has 2 saturated heterocycles. The number of sulfone groups is 1. The minimum atomic E-state index is -3.37. The van der Waals surface area contributed by atoms with Crippen molar-refractivity contribution in [3.63, 3.8) is 0 Å². The monoisotopic (exact) mass is 336 g/mol. The minimum Gasteiger partial charge on any atom is -0.313 e. The number of nitrogens with one attached hydrogen (secondary N) is 1. The summed E-state index contributed by atoms with van der Waals surface area (Å²) in [6, 6.07) is 0.406. The first-order chi connectivity index (χ1) is 9.88. The van der Waals surface area contributed by atoms with Gasteiger partial charge in [-0.15, -0.1) is 0 Å². The molecular weight excluding hydrogens is 312 g/mol. The fraction of sp³-hybridized carbons (Fsp3) is 1.00. The highest BCUT2D eigenvalue weighted by atomic mass is 32.2. The second kappa shape index (κ2) is 5.79. The predicted molar refractivity (Wildman–Crippen MR) is 81.3 cm³/mol. The zero-order chi connectivity index (χ0) is 15.1. The fourth-order valence-electron chi connectivity index (χ4n) is 3.31. The maximum Gasteiger partial charge on any atom is 0.217 e. The van der Waals surface area contributed by atoms with E-state index in [4.69, 9.17) is 0 Å². The van der Waals surface area contributed by atoms with E-state index in [0.29, 0.717) is 6.54 Å². The average Bonchev–Trinajstić information content (AvgIpc) is 3.11. The first kappa shape index (κ1) is 15.7. The second-order valence-corrected chi connectivity index (χ2v) is 11.0. The highest BCUT2D eigenvalue weighted by molar-refractivity contribution is 7.92. The van der Waals surface area contributed by atoms with Crippen molar-refractivity contribution in [2.45, 2.75) is 55.9 Å². The van der Waals surface area contributed by atoms with Crippen LogP contribution in [-0.2, 0) is 19.9 Å². The lowest BCUT2D eigenvalue weighted by Gasteiger charge is -2.31. The third kappa shape index (κ3) is 3.60. The van der Waals surface area contributed by atoms with Gasteiger partial charge in [-0.3, -0.25) is 0 Å². The molecule has 1 atom stereocenters. The van der Waals surface area contributed by atoms with Crippen molar-refractivity contribution < 1.29 is 16.8 Å². The molecule has 2 heterocycles. The van der Waals surface area contributed by atoms with Crippen molar-refractivity contribution in [1.82, 2.24) is 9.62 Å². The van der Waals surface area contributed by atoms with E-state index in [1.807, 2.05) is 0 Å². The van der Waals surface area contributed by atoms with Gasteiger partial charge in [0, 0.05) is 18.6 Å². The van der Waals surface area contributed by atoms with Gasteiger partial charge >= 0.3 is 0 Å². The SMILES string of the molecule is O=S1(=O)CCC(S(=O)(=O)N(CC2CCCN2)C2CC2)CC1. The Kier molecular flexibility index (Phi) is 4.33. The van der Waals surface area contributed by atoms with Crippen molar-refractivity contribution in [3.05, 3.63) is 0 Å². The third-order valence-electron chi connectivity index (χ3n) is 4.77. The molecule has 0 aromatic rings. The summed E-state index contributed by atoms with van der Waals surface area (Å²) < 4.78 is 50.4. The van der Waals surface area contributed by atoms with Gasteiger partial charge in [-0.05, 0) is 45.1 Å². The van der Waals surface area contributed by atoms with Crippen LogP contribution in [-0.4, -0.2) is 63.1 Å². The van der Waals surface area contributed by atoms with E-state index in [-0.39, 0.29) is 36.4 Å². The van der Waals surface area contributed by atoms with Crippen LogP contribution < -0.4 is 5.32 Å². The molecule has 1 N–H and O–H groups in total. The van der Waals surface area contributed by atoms with E-state index in [9.17, 15) is 16.8 Å². The van der Waals surface area contributed by atoms with E-state index in [2.05, 4.69) is 5.32 Å². The summed E-state index contributed by atoms with van der Waals surface area (Å²) in [6.07, 6.45) is 4.52. The van der Waals surface area contributed by atoms with Crippen LogP contribution in [0.25, 0.3) is 0 Å². The summed E-state index contributed by atoms with van der Waals surface area (Å²) in [5.41, 5.74) is 0. The molecule has 0 spiro atoms. The Morgan fingerprint density at radius 1 is 1.05 bits per heavy atom. The van der Waals surface area contributed by atoms with Gasteiger partial charge in [-0.25, -0.2) is 16.8 Å². The number of hydrogen-bond donors (Lipinski definition) is 1. The zero-order valence-electron chi connectivity index (χ0n) is 12.2. The van der Waals surface area contributed by atoms with Gasteiger partial charge in [0.2, 0.25) is 10.0 Å². The zero-order valence-corrected chi connectivity index (χ0v) is 13.8. The van der Waals surface area contributed by atoms with Gasteiger partial charge in [0.1, 0.15) is 9.84 Å². The summed E-state index contributed by atoms with van der Waals surface area (Å²) in [7, 11) is -6.39. The van der Waals surface area contributed by atoms with Crippen LogP contribution in [0.3, 0.4) is 0 Å². The standard InChI is InChI=1S/C13H24N2O4S2/c16-20(17)8-5-13(6-9-20)21(18,19)15(12-3-4-12)10-11-2-1-7-14-11/h11-14H,1-10H2. The molecule has 21 heavy (non-hydrogen) atoms. The molecule has 8 heteroatoms. The summed E-state index contributed by atoms with van der Waals surface area (Å²) in [5.74, 6) is 0.0220. The van der Waals surface area contributed by atoms with Crippen LogP contribution in [0.1, 0.15) is 38.5 Å². The van der Waals surface area contributed by atoms with Crippen LogP contribution in [0.15, 0.2) is 0 Å².